The number of anilines is 1. The van der Waals surface area contributed by atoms with E-state index in [1.54, 1.807) is 37.3 Å². The second-order valence-electron chi connectivity index (χ2n) is 7.19. The molecule has 0 radical (unpaired) electrons. The summed E-state index contributed by atoms with van der Waals surface area (Å²) in [6.45, 7) is 2.08. The topological polar surface area (TPSA) is 115 Å². The molecular weight excluding hydrogens is 426 g/mol. The van der Waals surface area contributed by atoms with Crippen molar-refractivity contribution in [3.63, 3.8) is 0 Å². The minimum atomic E-state index is -0.719. The maximum atomic E-state index is 13.0. The molecule has 2 heterocycles. The quantitative estimate of drug-likeness (QED) is 0.505. The van der Waals surface area contributed by atoms with Crippen molar-refractivity contribution in [1.82, 2.24) is 5.16 Å². The Hall–Kier alpha value is -4.32. The number of carbonyl (C=O) groups is 2. The number of carbonyl (C=O) groups excluding carboxylic acids is 2. The summed E-state index contributed by atoms with van der Waals surface area (Å²) in [5.74, 6) is 0.187. The van der Waals surface area contributed by atoms with Crippen molar-refractivity contribution in [3.8, 4) is 28.8 Å². The third-order valence-corrected chi connectivity index (χ3v) is 5.03. The largest absolute Gasteiger partial charge is 0.486 e. The summed E-state index contributed by atoms with van der Waals surface area (Å²) in [7, 11) is 0. The van der Waals surface area contributed by atoms with Crippen molar-refractivity contribution in [3.05, 3.63) is 59.9 Å². The van der Waals surface area contributed by atoms with Crippen LogP contribution >= 0.6 is 0 Å². The van der Waals surface area contributed by atoms with E-state index >= 15 is 0 Å². The number of fused-ring (bicyclic) bond motifs is 1. The summed E-state index contributed by atoms with van der Waals surface area (Å²) in [5.41, 5.74) is 1.72. The van der Waals surface area contributed by atoms with Gasteiger partial charge in [-0.1, -0.05) is 35.5 Å². The van der Waals surface area contributed by atoms with Gasteiger partial charge in [-0.05, 0) is 19.1 Å². The molecule has 0 spiro atoms. The zero-order valence-corrected chi connectivity index (χ0v) is 17.9. The molecule has 3 aromatic rings. The molecule has 2 aromatic carbocycles. The first-order valence-electron chi connectivity index (χ1n) is 10.3. The number of hydrogen-bond donors (Lipinski definition) is 0. The second-order valence-corrected chi connectivity index (χ2v) is 7.19. The van der Waals surface area contributed by atoms with Crippen LogP contribution < -0.4 is 14.4 Å². The first-order chi connectivity index (χ1) is 16.1. The number of aryl methyl sites for hydroxylation is 1. The molecule has 1 aromatic heterocycles. The number of hydrogen-bond acceptors (Lipinski definition) is 8. The molecule has 0 saturated heterocycles. The molecule has 0 aliphatic carbocycles. The monoisotopic (exact) mass is 447 g/mol. The highest BCUT2D eigenvalue weighted by Gasteiger charge is 2.25. The molecule has 168 valence electrons. The number of rotatable bonds is 7. The van der Waals surface area contributed by atoms with Crippen molar-refractivity contribution in [1.29, 1.82) is 5.26 Å². The molecular formula is C24H21N3O6. The van der Waals surface area contributed by atoms with Crippen molar-refractivity contribution in [2.75, 3.05) is 31.3 Å². The van der Waals surface area contributed by atoms with Gasteiger partial charge in [0.1, 0.15) is 30.2 Å². The number of ether oxygens (including phenoxy) is 3. The molecule has 0 saturated carbocycles. The summed E-state index contributed by atoms with van der Waals surface area (Å²) in [6, 6.07) is 16.2. The van der Waals surface area contributed by atoms with Crippen LogP contribution in [0.2, 0.25) is 0 Å². The van der Waals surface area contributed by atoms with E-state index in [-0.39, 0.29) is 18.5 Å². The van der Waals surface area contributed by atoms with Crippen molar-refractivity contribution in [2.45, 2.75) is 13.3 Å². The molecule has 1 aliphatic heterocycles. The third-order valence-electron chi connectivity index (χ3n) is 5.03. The number of esters is 1. The lowest BCUT2D eigenvalue weighted by molar-refractivity contribution is -0.121. The predicted molar refractivity (Wildman–Crippen MR) is 117 cm³/mol. The van der Waals surface area contributed by atoms with Gasteiger partial charge in [0, 0.05) is 23.9 Å². The first-order valence-corrected chi connectivity index (χ1v) is 10.3. The van der Waals surface area contributed by atoms with Crippen LogP contribution in [-0.4, -0.2) is 43.4 Å². The lowest BCUT2D eigenvalue weighted by atomic mass is 10.1. The summed E-state index contributed by atoms with van der Waals surface area (Å²) in [6.07, 6.45) is 0.108. The molecule has 0 N–H and O–H groups in total. The fraction of sp³-hybridized carbons (Fsp3) is 0.250. The second kappa shape index (κ2) is 9.87. The van der Waals surface area contributed by atoms with E-state index in [0.717, 1.165) is 0 Å². The Balaban J connectivity index is 1.50. The highest BCUT2D eigenvalue weighted by Crippen LogP contribution is 2.34. The molecule has 4 rings (SSSR count). The molecule has 0 fully saturated rings. The van der Waals surface area contributed by atoms with Gasteiger partial charge < -0.3 is 23.6 Å². The van der Waals surface area contributed by atoms with E-state index in [1.807, 2.05) is 24.3 Å². The lowest BCUT2D eigenvalue weighted by Crippen LogP contribution is -2.35. The summed E-state index contributed by atoms with van der Waals surface area (Å²) in [4.78, 5) is 27.2. The van der Waals surface area contributed by atoms with E-state index in [0.29, 0.717) is 47.4 Å². The number of nitrogens with zero attached hydrogens (tertiary/aromatic N) is 3. The molecule has 0 unspecified atom stereocenters. The maximum absolute atomic E-state index is 13.0. The van der Waals surface area contributed by atoms with Crippen molar-refractivity contribution < 1.29 is 28.3 Å². The number of nitriles is 1. The van der Waals surface area contributed by atoms with Crippen LogP contribution in [0.25, 0.3) is 11.3 Å². The van der Waals surface area contributed by atoms with E-state index < -0.39 is 18.5 Å². The SMILES string of the molecule is Cc1onc(-c2ccccc2)c1C(=O)OCC(=O)N(CCC#N)c1ccc2c(c1)OCCO2. The Morgan fingerprint density at radius 2 is 1.88 bits per heavy atom. The molecule has 0 atom stereocenters. The van der Waals surface area contributed by atoms with E-state index in [9.17, 15) is 9.59 Å². The first kappa shape index (κ1) is 21.9. The van der Waals surface area contributed by atoms with Crippen molar-refractivity contribution in [2.24, 2.45) is 0 Å². The van der Waals surface area contributed by atoms with E-state index in [1.165, 1.54) is 4.90 Å². The number of amides is 1. The average molecular weight is 447 g/mol. The Morgan fingerprint density at radius 1 is 1.12 bits per heavy atom. The van der Waals surface area contributed by atoms with Gasteiger partial charge in [0.25, 0.3) is 5.91 Å². The van der Waals surface area contributed by atoms with E-state index in [4.69, 9.17) is 24.0 Å². The minimum absolute atomic E-state index is 0.108. The highest BCUT2D eigenvalue weighted by atomic mass is 16.6. The standard InChI is InChI=1S/C24H21N3O6/c1-16-22(23(26-33-16)17-6-3-2-4-7-17)24(29)32-15-21(28)27(11-5-10-25)18-8-9-19-20(14-18)31-13-12-30-19/h2-4,6-9,14H,5,11-13,15H2,1H3. The Labute approximate surface area is 190 Å². The molecule has 1 aliphatic rings. The van der Waals surface area contributed by atoms with Crippen LogP contribution in [0.15, 0.2) is 53.1 Å². The Bertz CT molecular complexity index is 1200. The van der Waals surface area contributed by atoms with Gasteiger partial charge in [-0.15, -0.1) is 0 Å². The molecule has 9 heteroatoms. The van der Waals surface area contributed by atoms with Crippen molar-refractivity contribution >= 4 is 17.6 Å². The minimum Gasteiger partial charge on any atom is -0.486 e. The summed E-state index contributed by atoms with van der Waals surface area (Å²) in [5, 5.41) is 13.0. The fourth-order valence-corrected chi connectivity index (χ4v) is 3.44. The van der Waals surface area contributed by atoms with Crippen LogP contribution in [-0.2, 0) is 9.53 Å². The van der Waals surface area contributed by atoms with Crippen LogP contribution in [0.3, 0.4) is 0 Å². The molecule has 0 bridgehead atoms. The van der Waals surface area contributed by atoms with Gasteiger partial charge in [-0.3, -0.25) is 4.79 Å². The van der Waals surface area contributed by atoms with Gasteiger partial charge in [0.15, 0.2) is 18.1 Å². The third kappa shape index (κ3) is 4.80. The maximum Gasteiger partial charge on any atom is 0.344 e. The van der Waals surface area contributed by atoms with E-state index in [2.05, 4.69) is 5.16 Å². The lowest BCUT2D eigenvalue weighted by Gasteiger charge is -2.24. The van der Waals surface area contributed by atoms with Gasteiger partial charge in [-0.2, -0.15) is 5.26 Å². The molecule has 9 nitrogen and oxygen atoms in total. The van der Waals surface area contributed by atoms with Gasteiger partial charge >= 0.3 is 5.97 Å². The Morgan fingerprint density at radius 3 is 2.64 bits per heavy atom. The molecule has 33 heavy (non-hydrogen) atoms. The van der Waals surface area contributed by atoms with Gasteiger partial charge in [0.05, 0.1) is 12.5 Å². The fourth-order valence-electron chi connectivity index (χ4n) is 3.44. The molecule has 1 amide bonds. The number of aromatic nitrogens is 1. The van der Waals surface area contributed by atoms with Crippen LogP contribution in [0, 0.1) is 18.3 Å². The van der Waals surface area contributed by atoms with Crippen LogP contribution in [0.4, 0.5) is 5.69 Å². The normalized spacial score (nSPS) is 12.0. The predicted octanol–water partition coefficient (Wildman–Crippen LogP) is 3.52. The average Bonchev–Trinajstić information content (AvgIpc) is 3.24. The summed E-state index contributed by atoms with van der Waals surface area (Å²) < 4.78 is 21.6. The van der Waals surface area contributed by atoms with Crippen LogP contribution in [0.5, 0.6) is 11.5 Å². The zero-order chi connectivity index (χ0) is 23.2. The zero-order valence-electron chi connectivity index (χ0n) is 17.9. The van der Waals surface area contributed by atoms with Gasteiger partial charge in [0.2, 0.25) is 0 Å². The van der Waals surface area contributed by atoms with Gasteiger partial charge in [-0.25, -0.2) is 4.79 Å². The number of benzene rings is 2. The Kier molecular flexibility index (Phi) is 6.55. The summed E-state index contributed by atoms with van der Waals surface area (Å²) >= 11 is 0. The smallest absolute Gasteiger partial charge is 0.344 e. The van der Waals surface area contributed by atoms with Crippen LogP contribution in [0.1, 0.15) is 22.5 Å². The highest BCUT2D eigenvalue weighted by molar-refractivity contribution is 6.00.